The maximum Gasteiger partial charge on any atom is 0.403 e. The van der Waals surface area contributed by atoms with E-state index in [-0.39, 0.29) is 11.3 Å². The molecule has 0 fully saturated rings. The lowest BCUT2D eigenvalue weighted by Gasteiger charge is -2.28. The van der Waals surface area contributed by atoms with E-state index >= 15 is 0 Å². The molecule has 2 unspecified atom stereocenters. The number of nitrogens with one attached hydrogen (secondary N) is 1. The highest BCUT2D eigenvalue weighted by Gasteiger charge is 2.44. The molecule has 0 aliphatic rings. The zero-order chi connectivity index (χ0) is 13.9. The maximum atomic E-state index is 12.3. The first kappa shape index (κ1) is 16.2. The van der Waals surface area contributed by atoms with Crippen LogP contribution in [0.1, 0.15) is 27.7 Å². The Labute approximate surface area is 99.4 Å². The van der Waals surface area contributed by atoms with Crippen LogP contribution in [0, 0.1) is 17.3 Å². The van der Waals surface area contributed by atoms with E-state index in [9.17, 15) is 18.0 Å². The second-order valence-electron chi connectivity index (χ2n) is 5.36. The Bertz CT molecular complexity index is 258. The Kier molecular flexibility index (Phi) is 5.45. The van der Waals surface area contributed by atoms with Crippen molar-refractivity contribution in [3.8, 4) is 0 Å². The fourth-order valence-corrected chi connectivity index (χ4v) is 1.09. The average molecular weight is 255 g/mol. The van der Waals surface area contributed by atoms with E-state index < -0.39 is 24.6 Å². The molecule has 0 radical (unpaired) electrons. The van der Waals surface area contributed by atoms with Gasteiger partial charge in [-0.15, -0.1) is 0 Å². The van der Waals surface area contributed by atoms with Crippen LogP contribution < -0.4 is 5.32 Å². The van der Waals surface area contributed by atoms with Gasteiger partial charge in [0.15, 0.2) is 5.92 Å². The highest BCUT2D eigenvalue weighted by Crippen LogP contribution is 2.27. The zero-order valence-electron chi connectivity index (χ0n) is 10.6. The lowest BCUT2D eigenvalue weighted by atomic mass is 9.82. The Morgan fingerprint density at radius 2 is 1.71 bits per heavy atom. The minimum absolute atomic E-state index is 0.0239. The molecule has 0 heterocycles. The predicted molar refractivity (Wildman–Crippen MR) is 58.7 cm³/mol. The van der Waals surface area contributed by atoms with Gasteiger partial charge in [-0.3, -0.25) is 4.79 Å². The number of carboxylic acids is 1. The normalized spacial score (nSPS) is 16.6. The first-order valence-corrected chi connectivity index (χ1v) is 5.46. The van der Waals surface area contributed by atoms with Gasteiger partial charge >= 0.3 is 12.1 Å². The minimum Gasteiger partial charge on any atom is -0.481 e. The second kappa shape index (κ2) is 5.71. The molecule has 6 heteroatoms. The van der Waals surface area contributed by atoms with Crippen LogP contribution in [-0.4, -0.2) is 30.3 Å². The van der Waals surface area contributed by atoms with Gasteiger partial charge in [-0.25, -0.2) is 0 Å². The van der Waals surface area contributed by atoms with Gasteiger partial charge in [-0.1, -0.05) is 27.7 Å². The number of carbonyl (C=O) groups is 1. The van der Waals surface area contributed by atoms with Crippen LogP contribution in [-0.2, 0) is 4.79 Å². The van der Waals surface area contributed by atoms with Gasteiger partial charge in [-0.2, -0.15) is 13.2 Å². The molecule has 0 aliphatic heterocycles. The molecule has 0 aromatic rings. The summed E-state index contributed by atoms with van der Waals surface area (Å²) in [6.45, 7) is 7.65. The smallest absolute Gasteiger partial charge is 0.403 e. The third-order valence-electron chi connectivity index (χ3n) is 2.97. The number of hydrogen-bond donors (Lipinski definition) is 2. The van der Waals surface area contributed by atoms with Crippen LogP contribution in [0.2, 0.25) is 0 Å². The van der Waals surface area contributed by atoms with E-state index in [2.05, 4.69) is 5.32 Å². The summed E-state index contributed by atoms with van der Waals surface area (Å²) in [6.07, 6.45) is -4.70. The number of hydrogen-bond acceptors (Lipinski definition) is 2. The Morgan fingerprint density at radius 3 is 2.00 bits per heavy atom. The highest BCUT2D eigenvalue weighted by atomic mass is 19.4. The fraction of sp³-hybridized carbons (Fsp3) is 0.909. The van der Waals surface area contributed by atoms with Gasteiger partial charge in [-0.05, 0) is 17.9 Å². The van der Waals surface area contributed by atoms with Crippen LogP contribution in [0.25, 0.3) is 0 Å². The molecule has 0 aliphatic carbocycles. The molecule has 2 atom stereocenters. The van der Waals surface area contributed by atoms with Crippen LogP contribution in [0.3, 0.4) is 0 Å². The molecule has 0 aromatic carbocycles. The van der Waals surface area contributed by atoms with Crippen LogP contribution >= 0.6 is 0 Å². The third-order valence-corrected chi connectivity index (χ3v) is 2.97. The van der Waals surface area contributed by atoms with Crippen molar-refractivity contribution in [3.63, 3.8) is 0 Å². The summed E-state index contributed by atoms with van der Waals surface area (Å²) in [4.78, 5) is 10.5. The van der Waals surface area contributed by atoms with Crippen molar-refractivity contribution in [2.45, 2.75) is 33.9 Å². The van der Waals surface area contributed by atoms with Crippen molar-refractivity contribution in [3.05, 3.63) is 0 Å². The summed E-state index contributed by atoms with van der Waals surface area (Å²) >= 11 is 0. The second-order valence-corrected chi connectivity index (χ2v) is 5.36. The fourth-order valence-electron chi connectivity index (χ4n) is 1.09. The first-order valence-electron chi connectivity index (χ1n) is 5.46. The summed E-state index contributed by atoms with van der Waals surface area (Å²) in [5.74, 6) is -4.02. The molecular weight excluding hydrogens is 235 g/mol. The van der Waals surface area contributed by atoms with Gasteiger partial charge in [0, 0.05) is 6.54 Å². The lowest BCUT2D eigenvalue weighted by molar-refractivity contribution is -0.192. The molecule has 0 saturated heterocycles. The molecule has 3 nitrogen and oxygen atoms in total. The lowest BCUT2D eigenvalue weighted by Crippen LogP contribution is -2.41. The first-order chi connectivity index (χ1) is 7.46. The number of halogens is 3. The summed E-state index contributed by atoms with van der Waals surface area (Å²) in [5, 5.41) is 11.1. The molecule has 17 heavy (non-hydrogen) atoms. The van der Waals surface area contributed by atoms with E-state index in [0.717, 1.165) is 0 Å². The molecule has 0 aromatic heterocycles. The molecule has 0 amide bonds. The Balaban J connectivity index is 4.22. The van der Waals surface area contributed by atoms with Crippen molar-refractivity contribution in [2.24, 2.45) is 17.3 Å². The number of carboxylic acid groups (broad SMARTS) is 1. The highest BCUT2D eigenvalue weighted by molar-refractivity contribution is 5.71. The molecule has 2 N–H and O–H groups in total. The van der Waals surface area contributed by atoms with E-state index in [4.69, 9.17) is 5.11 Å². The Hall–Kier alpha value is -0.780. The zero-order valence-corrected chi connectivity index (χ0v) is 10.6. The van der Waals surface area contributed by atoms with Crippen molar-refractivity contribution in [1.82, 2.24) is 5.32 Å². The molecule has 0 rings (SSSR count). The number of alkyl halides is 3. The van der Waals surface area contributed by atoms with Gasteiger partial charge in [0.05, 0.1) is 0 Å². The summed E-state index contributed by atoms with van der Waals surface area (Å²) in [7, 11) is 0. The number of rotatable bonds is 5. The average Bonchev–Trinajstić information content (AvgIpc) is 2.07. The van der Waals surface area contributed by atoms with Crippen molar-refractivity contribution in [2.75, 3.05) is 13.1 Å². The van der Waals surface area contributed by atoms with Crippen LogP contribution in [0.15, 0.2) is 0 Å². The van der Waals surface area contributed by atoms with Crippen molar-refractivity contribution < 1.29 is 23.1 Å². The van der Waals surface area contributed by atoms with E-state index in [1.165, 1.54) is 0 Å². The third kappa shape index (κ3) is 5.91. The van der Waals surface area contributed by atoms with E-state index in [0.29, 0.717) is 6.54 Å². The Morgan fingerprint density at radius 1 is 1.24 bits per heavy atom. The van der Waals surface area contributed by atoms with Crippen LogP contribution in [0.4, 0.5) is 13.2 Å². The molecule has 0 bridgehead atoms. The van der Waals surface area contributed by atoms with E-state index in [1.807, 2.05) is 27.7 Å². The molecule has 0 spiro atoms. The van der Waals surface area contributed by atoms with Crippen molar-refractivity contribution in [1.29, 1.82) is 0 Å². The van der Waals surface area contributed by atoms with Crippen molar-refractivity contribution >= 4 is 5.97 Å². The van der Waals surface area contributed by atoms with Gasteiger partial charge < -0.3 is 10.4 Å². The summed E-state index contributed by atoms with van der Waals surface area (Å²) in [6, 6.07) is 0. The standard InChI is InChI=1S/C11H20F3NO2/c1-7(10(2,3)4)5-15-6-8(9(16)17)11(12,13)14/h7-8,15H,5-6H2,1-4H3,(H,16,17). The van der Waals surface area contributed by atoms with Gasteiger partial charge in [0.25, 0.3) is 0 Å². The largest absolute Gasteiger partial charge is 0.481 e. The SMILES string of the molecule is CC(CNCC(C(=O)O)C(F)(F)F)C(C)(C)C. The summed E-state index contributed by atoms with van der Waals surface area (Å²) in [5.41, 5.74) is -0.0239. The molecule has 102 valence electrons. The number of aliphatic carboxylic acids is 1. The van der Waals surface area contributed by atoms with Gasteiger partial charge in [0.1, 0.15) is 0 Å². The van der Waals surface area contributed by atoms with Crippen LogP contribution in [0.5, 0.6) is 0 Å². The predicted octanol–water partition coefficient (Wildman–Crippen LogP) is 2.52. The molecule has 0 saturated carbocycles. The topological polar surface area (TPSA) is 49.3 Å². The maximum absolute atomic E-state index is 12.3. The molecular formula is C11H20F3NO2. The van der Waals surface area contributed by atoms with E-state index in [1.54, 1.807) is 0 Å². The van der Waals surface area contributed by atoms with Gasteiger partial charge in [0.2, 0.25) is 0 Å². The minimum atomic E-state index is -4.70. The quantitative estimate of drug-likeness (QED) is 0.793. The monoisotopic (exact) mass is 255 g/mol. The summed E-state index contributed by atoms with van der Waals surface area (Å²) < 4.78 is 36.9.